The largest absolute Gasteiger partial charge is 0.480 e. The molecule has 0 aliphatic heterocycles. The Morgan fingerprint density at radius 1 is 0.750 bits per heavy atom. The molecule has 40 heavy (non-hydrogen) atoms. The van der Waals surface area contributed by atoms with Crippen molar-refractivity contribution >= 4 is 35.6 Å². The van der Waals surface area contributed by atoms with Crippen molar-refractivity contribution in [1.82, 2.24) is 16.0 Å². The summed E-state index contributed by atoms with van der Waals surface area (Å²) in [6.07, 6.45) is 0.897. The maximum Gasteiger partial charge on any atom is 0.328 e. The summed E-state index contributed by atoms with van der Waals surface area (Å²) in [5, 5.41) is 25.8. The number of aliphatic hydroxyl groups excluding tert-OH is 1. The van der Waals surface area contributed by atoms with Crippen LogP contribution in [-0.4, -0.2) is 89.7 Å². The molecule has 222 valence electrons. The summed E-state index contributed by atoms with van der Waals surface area (Å²) in [5.41, 5.74) is 28.2. The fourth-order valence-electron chi connectivity index (χ4n) is 3.51. The monoisotopic (exact) mass is 564 g/mol. The zero-order valence-corrected chi connectivity index (χ0v) is 22.2. The Labute approximate surface area is 231 Å². The Morgan fingerprint density at radius 3 is 1.62 bits per heavy atom. The summed E-state index contributed by atoms with van der Waals surface area (Å²) in [6.45, 7) is -0.548. The summed E-state index contributed by atoms with van der Waals surface area (Å²) < 4.78 is 0. The normalized spacial score (nSPS) is 13.6. The van der Waals surface area contributed by atoms with Gasteiger partial charge in [-0.15, -0.1) is 0 Å². The number of amides is 3. The highest BCUT2D eigenvalue weighted by atomic mass is 16.4. The number of nitrogens with one attached hydrogen (secondary N) is 3. The van der Waals surface area contributed by atoms with Crippen LogP contribution >= 0.6 is 0 Å². The summed E-state index contributed by atoms with van der Waals surface area (Å²) in [6, 6.07) is 4.17. The second kappa shape index (κ2) is 18.0. The second-order valence-corrected chi connectivity index (χ2v) is 8.90. The molecule has 4 atom stereocenters. The maximum absolute atomic E-state index is 13.3. The molecule has 0 aromatic heterocycles. The number of nitrogens with two attached hydrogens (primary N) is 5. The van der Waals surface area contributed by atoms with Crippen LogP contribution in [0.25, 0.3) is 0 Å². The van der Waals surface area contributed by atoms with E-state index in [4.69, 9.17) is 28.7 Å². The third-order valence-electron chi connectivity index (χ3n) is 5.59. The molecule has 15 N–H and O–H groups in total. The number of carboxylic acids is 1. The fourth-order valence-corrected chi connectivity index (χ4v) is 3.51. The summed E-state index contributed by atoms with van der Waals surface area (Å²) in [4.78, 5) is 57.9. The quantitative estimate of drug-likeness (QED) is 0.0468. The number of carbonyl (C=O) groups excluding carboxylic acids is 3. The van der Waals surface area contributed by atoms with Crippen LogP contribution in [0.3, 0.4) is 0 Å². The van der Waals surface area contributed by atoms with Gasteiger partial charge in [0.2, 0.25) is 17.7 Å². The van der Waals surface area contributed by atoms with E-state index in [2.05, 4.69) is 25.9 Å². The van der Waals surface area contributed by atoms with Gasteiger partial charge >= 0.3 is 5.97 Å². The van der Waals surface area contributed by atoms with Crippen molar-refractivity contribution in [2.24, 2.45) is 38.7 Å². The number of carbonyl (C=O) groups is 4. The van der Waals surface area contributed by atoms with Crippen LogP contribution in [0, 0.1) is 0 Å². The molecule has 0 saturated heterocycles. The predicted molar refractivity (Wildman–Crippen MR) is 148 cm³/mol. The molecule has 0 fully saturated rings. The lowest BCUT2D eigenvalue weighted by Gasteiger charge is -2.25. The van der Waals surface area contributed by atoms with Gasteiger partial charge in [0.05, 0.1) is 12.6 Å². The second-order valence-electron chi connectivity index (χ2n) is 8.90. The number of aliphatic carboxylic acids is 1. The number of hydrogen-bond acceptors (Lipinski definition) is 8. The highest BCUT2D eigenvalue weighted by Gasteiger charge is 2.30. The van der Waals surface area contributed by atoms with E-state index < -0.39 is 54.5 Å². The van der Waals surface area contributed by atoms with E-state index >= 15 is 0 Å². The van der Waals surface area contributed by atoms with Gasteiger partial charge in [0.15, 0.2) is 11.9 Å². The molecule has 0 heterocycles. The first-order valence-electron chi connectivity index (χ1n) is 12.6. The van der Waals surface area contributed by atoms with E-state index in [9.17, 15) is 29.4 Å². The SMILES string of the molecule is NC(N)=NCCCC(NC(=O)C(N)Cc1ccccc1)C(=O)NC(CCCN=C(N)N)C(=O)NC(CO)C(=O)O. The molecule has 16 heteroatoms. The van der Waals surface area contributed by atoms with Crippen LogP contribution in [-0.2, 0) is 25.6 Å². The first kappa shape index (κ1) is 33.6. The molecular formula is C24H40N10O6. The fraction of sp³-hybridized carbons (Fsp3) is 0.500. The van der Waals surface area contributed by atoms with Gasteiger partial charge in [-0.05, 0) is 37.7 Å². The maximum atomic E-state index is 13.3. The molecule has 1 rings (SSSR count). The first-order chi connectivity index (χ1) is 18.9. The summed E-state index contributed by atoms with van der Waals surface area (Å²) >= 11 is 0. The van der Waals surface area contributed by atoms with Crippen molar-refractivity contribution in [1.29, 1.82) is 0 Å². The number of carboxylic acid groups (broad SMARTS) is 1. The van der Waals surface area contributed by atoms with Crippen molar-refractivity contribution in [2.75, 3.05) is 19.7 Å². The third-order valence-corrected chi connectivity index (χ3v) is 5.59. The molecule has 1 aromatic carbocycles. The van der Waals surface area contributed by atoms with Crippen molar-refractivity contribution in [3.8, 4) is 0 Å². The lowest BCUT2D eigenvalue weighted by Crippen LogP contribution is -2.57. The first-order valence-corrected chi connectivity index (χ1v) is 12.6. The van der Waals surface area contributed by atoms with Crippen molar-refractivity contribution in [3.63, 3.8) is 0 Å². The Bertz CT molecular complexity index is 1030. The lowest BCUT2D eigenvalue weighted by molar-refractivity contribution is -0.143. The Balaban J connectivity index is 3.04. The highest BCUT2D eigenvalue weighted by molar-refractivity contribution is 5.94. The van der Waals surface area contributed by atoms with E-state index in [1.165, 1.54) is 0 Å². The standard InChI is InChI=1S/C24H40N10O6/c25-15(12-14-6-2-1-3-7-14)19(36)32-16(8-4-10-30-23(26)27)20(37)33-17(9-5-11-31-24(28)29)21(38)34-18(13-35)22(39)40/h1-3,6-7,15-18,35H,4-5,8-13,25H2,(H,32,36)(H,33,37)(H,34,38)(H,39,40)(H4,26,27,30)(H4,28,29,31). The molecule has 0 radical (unpaired) electrons. The van der Waals surface area contributed by atoms with E-state index in [-0.39, 0.29) is 50.7 Å². The van der Waals surface area contributed by atoms with Gasteiger partial charge in [-0.1, -0.05) is 30.3 Å². The summed E-state index contributed by atoms with van der Waals surface area (Å²) in [7, 11) is 0. The van der Waals surface area contributed by atoms with Gasteiger partial charge in [0.1, 0.15) is 18.1 Å². The number of rotatable bonds is 18. The number of guanidine groups is 2. The molecule has 0 saturated carbocycles. The van der Waals surface area contributed by atoms with Gasteiger partial charge in [-0.2, -0.15) is 0 Å². The van der Waals surface area contributed by atoms with E-state index in [1.807, 2.05) is 30.3 Å². The van der Waals surface area contributed by atoms with Gasteiger partial charge in [-0.3, -0.25) is 24.4 Å². The molecule has 0 aliphatic carbocycles. The topological polar surface area (TPSA) is 300 Å². The van der Waals surface area contributed by atoms with Crippen molar-refractivity contribution in [3.05, 3.63) is 35.9 Å². The van der Waals surface area contributed by atoms with Gasteiger partial charge in [0, 0.05) is 13.1 Å². The summed E-state index contributed by atoms with van der Waals surface area (Å²) in [5.74, 6) is -3.92. The zero-order valence-electron chi connectivity index (χ0n) is 22.2. The van der Waals surface area contributed by atoms with E-state index in [0.29, 0.717) is 6.42 Å². The van der Waals surface area contributed by atoms with Crippen LogP contribution < -0.4 is 44.6 Å². The molecule has 3 amide bonds. The minimum atomic E-state index is -1.59. The molecule has 0 aliphatic rings. The minimum absolute atomic E-state index is 0.0221. The Morgan fingerprint density at radius 2 is 1.20 bits per heavy atom. The Hall–Kier alpha value is -4.44. The number of benzene rings is 1. The number of aliphatic imine (C=N–C) groups is 2. The van der Waals surface area contributed by atoms with E-state index in [0.717, 1.165) is 5.56 Å². The van der Waals surface area contributed by atoms with Crippen LogP contribution in [0.2, 0.25) is 0 Å². The number of nitrogens with zero attached hydrogens (tertiary/aromatic N) is 2. The van der Waals surface area contributed by atoms with E-state index in [1.54, 1.807) is 0 Å². The average Bonchev–Trinajstić information content (AvgIpc) is 2.90. The minimum Gasteiger partial charge on any atom is -0.480 e. The van der Waals surface area contributed by atoms with Crippen LogP contribution in [0.15, 0.2) is 40.3 Å². The predicted octanol–water partition coefficient (Wildman–Crippen LogP) is -3.81. The molecule has 16 nitrogen and oxygen atoms in total. The van der Waals surface area contributed by atoms with Crippen molar-refractivity contribution in [2.45, 2.75) is 56.3 Å². The van der Waals surface area contributed by atoms with Crippen LogP contribution in [0.4, 0.5) is 0 Å². The van der Waals surface area contributed by atoms with Gasteiger partial charge in [-0.25, -0.2) is 4.79 Å². The molecule has 0 spiro atoms. The van der Waals surface area contributed by atoms with Gasteiger partial charge in [0.25, 0.3) is 0 Å². The molecule has 0 bridgehead atoms. The van der Waals surface area contributed by atoms with Crippen LogP contribution in [0.1, 0.15) is 31.2 Å². The molecule has 4 unspecified atom stereocenters. The Kier molecular flexibility index (Phi) is 15.1. The highest BCUT2D eigenvalue weighted by Crippen LogP contribution is 2.06. The van der Waals surface area contributed by atoms with Crippen LogP contribution in [0.5, 0.6) is 0 Å². The molecule has 1 aromatic rings. The number of hydrogen-bond donors (Lipinski definition) is 10. The van der Waals surface area contributed by atoms with Crippen molar-refractivity contribution < 1.29 is 29.4 Å². The third kappa shape index (κ3) is 13.4. The molecular weight excluding hydrogens is 524 g/mol. The lowest BCUT2D eigenvalue weighted by atomic mass is 10.0. The number of aliphatic hydroxyl groups is 1. The van der Waals surface area contributed by atoms with Gasteiger partial charge < -0.3 is 54.8 Å². The average molecular weight is 565 g/mol. The zero-order chi connectivity index (χ0) is 30.1. The smallest absolute Gasteiger partial charge is 0.328 e.